The van der Waals surface area contributed by atoms with Crippen LogP contribution in [0.25, 0.3) is 22.5 Å². The van der Waals surface area contributed by atoms with Gasteiger partial charge in [0.1, 0.15) is 11.5 Å². The largest absolute Gasteiger partial charge is 0.382 e. The van der Waals surface area contributed by atoms with Gasteiger partial charge in [-0.05, 0) is 29.7 Å². The molecule has 158 valence electrons. The van der Waals surface area contributed by atoms with Gasteiger partial charge in [0.05, 0.1) is 36.6 Å². The van der Waals surface area contributed by atoms with Crippen LogP contribution < -0.4 is 11.1 Å². The molecule has 2 fully saturated rings. The van der Waals surface area contributed by atoms with E-state index >= 15 is 0 Å². The SMILES string of the molecule is N#C[C@]1(c2ccc(-c3cnc(N)c(-c4ccc5c(c4)CCNC5=O)n3)cc2)[C@@H]2COC[C@@H]21. The number of benzene rings is 2. The van der Waals surface area contributed by atoms with Gasteiger partial charge >= 0.3 is 0 Å². The summed E-state index contributed by atoms with van der Waals surface area (Å²) < 4.78 is 5.48. The van der Waals surface area contributed by atoms with Crippen molar-refractivity contribution in [2.45, 2.75) is 11.8 Å². The molecule has 2 aliphatic heterocycles. The summed E-state index contributed by atoms with van der Waals surface area (Å²) in [7, 11) is 0. The summed E-state index contributed by atoms with van der Waals surface area (Å²) in [5.74, 6) is 0.895. The first-order valence-corrected chi connectivity index (χ1v) is 10.8. The fraction of sp³-hybridized carbons (Fsp3) is 0.280. The third-order valence-electron chi connectivity index (χ3n) is 7.09. The zero-order valence-corrected chi connectivity index (χ0v) is 17.3. The molecule has 1 saturated heterocycles. The van der Waals surface area contributed by atoms with E-state index in [0.29, 0.717) is 54.4 Å². The summed E-state index contributed by atoms with van der Waals surface area (Å²) in [6, 6.07) is 16.2. The molecule has 0 unspecified atom stereocenters. The number of anilines is 1. The van der Waals surface area contributed by atoms with Crippen LogP contribution in [0.4, 0.5) is 5.82 Å². The topological polar surface area (TPSA) is 114 Å². The first kappa shape index (κ1) is 19.0. The van der Waals surface area contributed by atoms with Gasteiger partial charge in [-0.1, -0.05) is 30.3 Å². The number of carbonyl (C=O) groups is 1. The summed E-state index contributed by atoms with van der Waals surface area (Å²) >= 11 is 0. The van der Waals surface area contributed by atoms with Crippen molar-refractivity contribution < 1.29 is 9.53 Å². The minimum Gasteiger partial charge on any atom is -0.382 e. The molecular weight excluding hydrogens is 402 g/mol. The highest BCUT2D eigenvalue weighted by atomic mass is 16.5. The molecule has 7 nitrogen and oxygen atoms in total. The van der Waals surface area contributed by atoms with Gasteiger partial charge in [0.2, 0.25) is 0 Å². The lowest BCUT2D eigenvalue weighted by Crippen LogP contribution is -2.31. The Bertz CT molecular complexity index is 1280. The summed E-state index contributed by atoms with van der Waals surface area (Å²) in [4.78, 5) is 21.2. The van der Waals surface area contributed by atoms with E-state index in [-0.39, 0.29) is 5.91 Å². The minimum absolute atomic E-state index is 0.0489. The van der Waals surface area contributed by atoms with Crippen LogP contribution in [0.15, 0.2) is 48.7 Å². The number of rotatable bonds is 3. The van der Waals surface area contributed by atoms with Gasteiger partial charge in [-0.25, -0.2) is 9.97 Å². The third-order valence-corrected chi connectivity index (χ3v) is 7.09. The molecule has 1 amide bonds. The number of nitrogens with zero attached hydrogens (tertiary/aromatic N) is 3. The summed E-state index contributed by atoms with van der Waals surface area (Å²) in [6.07, 6.45) is 2.44. The van der Waals surface area contributed by atoms with Gasteiger partial charge in [-0.15, -0.1) is 0 Å². The fourth-order valence-corrected chi connectivity index (χ4v) is 5.26. The second-order valence-corrected chi connectivity index (χ2v) is 8.68. The molecule has 7 heteroatoms. The average molecular weight is 423 g/mol. The average Bonchev–Trinajstić information content (AvgIpc) is 3.16. The smallest absolute Gasteiger partial charge is 0.251 e. The van der Waals surface area contributed by atoms with E-state index in [1.54, 1.807) is 6.20 Å². The van der Waals surface area contributed by atoms with Gasteiger partial charge in [-0.3, -0.25) is 4.79 Å². The van der Waals surface area contributed by atoms with Crippen molar-refractivity contribution in [1.82, 2.24) is 15.3 Å². The fourth-order valence-electron chi connectivity index (χ4n) is 5.26. The number of aromatic nitrogens is 2. The monoisotopic (exact) mass is 423 g/mol. The van der Waals surface area contributed by atoms with E-state index in [1.807, 2.05) is 42.5 Å². The molecule has 3 heterocycles. The van der Waals surface area contributed by atoms with Crippen molar-refractivity contribution in [2.24, 2.45) is 11.8 Å². The number of hydrogen-bond donors (Lipinski definition) is 2. The van der Waals surface area contributed by atoms with E-state index in [9.17, 15) is 10.1 Å². The Morgan fingerprint density at radius 3 is 2.62 bits per heavy atom. The Kier molecular flexibility index (Phi) is 4.07. The van der Waals surface area contributed by atoms with Crippen LogP contribution in [0, 0.1) is 23.2 Å². The molecule has 0 spiro atoms. The van der Waals surface area contributed by atoms with E-state index in [1.165, 1.54) is 0 Å². The van der Waals surface area contributed by atoms with Crippen LogP contribution in [0.1, 0.15) is 21.5 Å². The lowest BCUT2D eigenvalue weighted by Gasteiger charge is -2.17. The van der Waals surface area contributed by atoms with Gasteiger partial charge in [0.25, 0.3) is 5.91 Å². The Morgan fingerprint density at radius 2 is 1.88 bits per heavy atom. The molecular formula is C25H21N5O2. The van der Waals surface area contributed by atoms with Gasteiger partial charge in [0, 0.05) is 35.1 Å². The van der Waals surface area contributed by atoms with Gasteiger partial charge in [-0.2, -0.15) is 5.26 Å². The standard InChI is InChI=1S/C25H21N5O2/c26-13-25(19-11-32-12-20(19)25)17-4-1-14(2-5-17)21-10-29-23(27)22(30-21)16-3-6-18-15(9-16)7-8-28-24(18)31/h1-6,9-10,19-20H,7-8,11-12H2,(H2,27,29)(H,28,31)/t19-,20+,25+. The second-order valence-electron chi connectivity index (χ2n) is 8.68. The summed E-state index contributed by atoms with van der Waals surface area (Å²) in [6.45, 7) is 1.95. The van der Waals surface area contributed by atoms with E-state index < -0.39 is 5.41 Å². The van der Waals surface area contributed by atoms with Crippen LogP contribution in [-0.2, 0) is 16.6 Å². The molecule has 1 saturated carbocycles. The molecule has 3 N–H and O–H groups in total. The third kappa shape index (κ3) is 2.66. The van der Waals surface area contributed by atoms with E-state index in [0.717, 1.165) is 28.7 Å². The Balaban J connectivity index is 1.33. The number of amides is 1. The molecule has 3 aliphatic rings. The molecule has 32 heavy (non-hydrogen) atoms. The number of nitrogen functional groups attached to an aromatic ring is 1. The number of nitrogens with two attached hydrogens (primary N) is 1. The number of nitriles is 1. The van der Waals surface area contributed by atoms with Crippen molar-refractivity contribution in [3.8, 4) is 28.6 Å². The number of carbonyl (C=O) groups excluding carboxylic acids is 1. The molecule has 0 bridgehead atoms. The molecule has 1 aromatic heterocycles. The quantitative estimate of drug-likeness (QED) is 0.670. The zero-order chi connectivity index (χ0) is 21.9. The number of ether oxygens (including phenoxy) is 1. The van der Waals surface area contributed by atoms with Gasteiger partial charge in [0.15, 0.2) is 0 Å². The van der Waals surface area contributed by atoms with E-state index in [2.05, 4.69) is 16.4 Å². The highest BCUT2D eigenvalue weighted by molar-refractivity contribution is 5.97. The zero-order valence-electron chi connectivity index (χ0n) is 17.3. The molecule has 2 aromatic carbocycles. The Labute approximate surface area is 185 Å². The van der Waals surface area contributed by atoms with Crippen molar-refractivity contribution in [2.75, 3.05) is 25.5 Å². The van der Waals surface area contributed by atoms with Crippen molar-refractivity contribution in [3.05, 3.63) is 65.4 Å². The highest BCUT2D eigenvalue weighted by Gasteiger charge is 2.69. The predicted molar refractivity (Wildman–Crippen MR) is 118 cm³/mol. The first-order valence-electron chi connectivity index (χ1n) is 10.8. The van der Waals surface area contributed by atoms with Gasteiger partial charge < -0.3 is 15.8 Å². The maximum Gasteiger partial charge on any atom is 0.251 e. The summed E-state index contributed by atoms with van der Waals surface area (Å²) in [5, 5.41) is 12.7. The lowest BCUT2D eigenvalue weighted by molar-refractivity contribution is 0.0946. The molecule has 3 atom stereocenters. The lowest BCUT2D eigenvalue weighted by atomic mass is 9.91. The van der Waals surface area contributed by atoms with Crippen LogP contribution in [0.5, 0.6) is 0 Å². The number of nitrogens with one attached hydrogen (secondary N) is 1. The van der Waals surface area contributed by atoms with Crippen molar-refractivity contribution in [3.63, 3.8) is 0 Å². The van der Waals surface area contributed by atoms with Crippen molar-refractivity contribution >= 4 is 11.7 Å². The van der Waals surface area contributed by atoms with Crippen LogP contribution in [-0.4, -0.2) is 35.6 Å². The van der Waals surface area contributed by atoms with Crippen molar-refractivity contribution in [1.29, 1.82) is 5.26 Å². The summed E-state index contributed by atoms with van der Waals surface area (Å²) in [5.41, 5.74) is 11.5. The van der Waals surface area contributed by atoms with Crippen LogP contribution in [0.3, 0.4) is 0 Å². The first-order chi connectivity index (χ1) is 15.6. The minimum atomic E-state index is -0.413. The van der Waals surface area contributed by atoms with Crippen LogP contribution in [0.2, 0.25) is 0 Å². The molecule has 6 rings (SSSR count). The van der Waals surface area contributed by atoms with E-state index in [4.69, 9.17) is 15.5 Å². The normalized spacial score (nSPS) is 25.4. The molecule has 1 aliphatic carbocycles. The van der Waals surface area contributed by atoms with Crippen LogP contribution >= 0.6 is 0 Å². The molecule has 0 radical (unpaired) electrons. The maximum atomic E-state index is 12.0. The Hall–Kier alpha value is -3.76. The molecule has 3 aromatic rings. The Morgan fingerprint density at radius 1 is 1.12 bits per heavy atom. The highest BCUT2D eigenvalue weighted by Crippen LogP contribution is 2.62. The number of hydrogen-bond acceptors (Lipinski definition) is 6. The second kappa shape index (κ2) is 6.87. The number of fused-ring (bicyclic) bond motifs is 2. The predicted octanol–water partition coefficient (Wildman–Crippen LogP) is 2.72. The maximum absolute atomic E-state index is 12.0.